The number of ketones is 1. The van der Waals surface area contributed by atoms with Crippen LogP contribution in [0.1, 0.15) is 10.4 Å². The molecule has 0 radical (unpaired) electrons. The van der Waals surface area contributed by atoms with E-state index in [2.05, 4.69) is 21.2 Å². The van der Waals surface area contributed by atoms with Gasteiger partial charge in [0.1, 0.15) is 0 Å². The van der Waals surface area contributed by atoms with E-state index in [9.17, 15) is 4.79 Å². The molecule has 0 saturated heterocycles. The second kappa shape index (κ2) is 8.15. The van der Waals surface area contributed by atoms with E-state index in [4.69, 9.17) is 11.6 Å². The Labute approximate surface area is 160 Å². The summed E-state index contributed by atoms with van der Waals surface area (Å²) in [6.45, 7) is 0. The molecule has 0 aliphatic heterocycles. The quantitative estimate of drug-likeness (QED) is 0.379. The van der Waals surface area contributed by atoms with Crippen molar-refractivity contribution >= 4 is 39.0 Å². The Kier molecular flexibility index (Phi) is 5.69. The molecular weight excluding hydrogens is 398 g/mol. The number of benzene rings is 3. The van der Waals surface area contributed by atoms with Gasteiger partial charge in [0.05, 0.1) is 5.69 Å². The highest BCUT2D eigenvalue weighted by atomic mass is 79.9. The summed E-state index contributed by atoms with van der Waals surface area (Å²) in [5.74, 6) is -0.0582. The normalized spacial score (nSPS) is 10.8. The van der Waals surface area contributed by atoms with E-state index >= 15 is 0 Å². The van der Waals surface area contributed by atoms with Crippen molar-refractivity contribution in [1.82, 2.24) is 0 Å². The lowest BCUT2D eigenvalue weighted by atomic mass is 10.0. The lowest BCUT2D eigenvalue weighted by molar-refractivity contribution is 0.104. The molecule has 0 spiro atoms. The average molecular weight is 413 g/mol. The number of nitrogens with one attached hydrogen (secondary N) is 1. The maximum absolute atomic E-state index is 12.3. The highest BCUT2D eigenvalue weighted by molar-refractivity contribution is 9.10. The second-order valence-corrected chi connectivity index (χ2v) is 6.70. The smallest absolute Gasteiger partial charge is 0.187 e. The molecule has 0 amide bonds. The summed E-state index contributed by atoms with van der Waals surface area (Å²) >= 11 is 9.33. The summed E-state index contributed by atoms with van der Waals surface area (Å²) in [4.78, 5) is 12.3. The second-order valence-electron chi connectivity index (χ2n) is 5.41. The molecule has 124 valence electrons. The van der Waals surface area contributed by atoms with Gasteiger partial charge in [0, 0.05) is 27.3 Å². The standard InChI is InChI=1S/C21H15BrClNO/c22-19-14-18(23)10-11-20(19)24-13-12-21(25)17-8-6-16(7-9-17)15-4-2-1-3-5-15/h1-14,24H/b13-12+. The maximum atomic E-state index is 12.3. The fourth-order valence-electron chi connectivity index (χ4n) is 2.37. The SMILES string of the molecule is O=C(/C=C/Nc1ccc(Cl)cc1Br)c1ccc(-c2ccccc2)cc1. The first-order valence-corrected chi connectivity index (χ1v) is 8.88. The Bertz CT molecular complexity index is 905. The Hall–Kier alpha value is -2.36. The van der Waals surface area contributed by atoms with Crippen molar-refractivity contribution in [2.75, 3.05) is 5.32 Å². The van der Waals surface area contributed by atoms with Crippen molar-refractivity contribution < 1.29 is 4.79 Å². The van der Waals surface area contributed by atoms with Crippen molar-refractivity contribution in [2.24, 2.45) is 0 Å². The van der Waals surface area contributed by atoms with Crippen molar-refractivity contribution in [3.05, 3.63) is 100 Å². The molecule has 0 unspecified atom stereocenters. The number of allylic oxidation sites excluding steroid dienone is 1. The van der Waals surface area contributed by atoms with Crippen molar-refractivity contribution in [1.29, 1.82) is 0 Å². The molecule has 0 heterocycles. The van der Waals surface area contributed by atoms with Crippen LogP contribution < -0.4 is 5.32 Å². The van der Waals surface area contributed by atoms with Crippen molar-refractivity contribution in [3.8, 4) is 11.1 Å². The van der Waals surface area contributed by atoms with E-state index in [1.807, 2.05) is 60.7 Å². The first-order chi connectivity index (χ1) is 12.1. The van der Waals surface area contributed by atoms with Crippen LogP contribution in [0.15, 0.2) is 89.5 Å². The van der Waals surface area contributed by atoms with Crippen molar-refractivity contribution in [3.63, 3.8) is 0 Å². The fraction of sp³-hybridized carbons (Fsp3) is 0. The molecule has 3 aromatic rings. The highest BCUT2D eigenvalue weighted by Gasteiger charge is 2.03. The summed E-state index contributed by atoms with van der Waals surface area (Å²) in [5, 5.41) is 3.72. The van der Waals surface area contributed by atoms with Gasteiger partial charge >= 0.3 is 0 Å². The van der Waals surface area contributed by atoms with Gasteiger partial charge in [0.15, 0.2) is 5.78 Å². The van der Waals surface area contributed by atoms with Crippen LogP contribution in [-0.2, 0) is 0 Å². The predicted octanol–water partition coefficient (Wildman–Crippen LogP) is 6.58. The molecule has 0 aliphatic carbocycles. The number of hydrogen-bond acceptors (Lipinski definition) is 2. The molecule has 2 nitrogen and oxygen atoms in total. The van der Waals surface area contributed by atoms with Crippen LogP contribution in [0, 0.1) is 0 Å². The summed E-state index contributed by atoms with van der Waals surface area (Å²) in [6, 6.07) is 23.1. The number of rotatable bonds is 5. The fourth-order valence-corrected chi connectivity index (χ4v) is 3.16. The molecule has 0 aromatic heterocycles. The van der Waals surface area contributed by atoms with E-state index in [-0.39, 0.29) is 5.78 Å². The molecule has 0 atom stereocenters. The Morgan fingerprint density at radius 3 is 2.28 bits per heavy atom. The molecule has 0 bridgehead atoms. The number of carbonyl (C=O) groups is 1. The molecule has 3 aromatic carbocycles. The third-order valence-electron chi connectivity index (χ3n) is 3.68. The Morgan fingerprint density at radius 1 is 0.920 bits per heavy atom. The van der Waals surface area contributed by atoms with Crippen LogP contribution >= 0.6 is 27.5 Å². The summed E-state index contributed by atoms with van der Waals surface area (Å²) in [7, 11) is 0. The molecule has 25 heavy (non-hydrogen) atoms. The monoisotopic (exact) mass is 411 g/mol. The largest absolute Gasteiger partial charge is 0.361 e. The summed E-state index contributed by atoms with van der Waals surface area (Å²) in [6.07, 6.45) is 3.14. The van der Waals surface area contributed by atoms with Gasteiger partial charge in [-0.05, 0) is 45.3 Å². The van der Waals surface area contributed by atoms with Crippen LogP contribution in [0.25, 0.3) is 11.1 Å². The number of hydrogen-bond donors (Lipinski definition) is 1. The molecular formula is C21H15BrClNO. The first kappa shape index (κ1) is 17.5. The zero-order valence-corrected chi connectivity index (χ0v) is 15.6. The van der Waals surface area contributed by atoms with Gasteiger partial charge in [0.25, 0.3) is 0 Å². The third-order valence-corrected chi connectivity index (χ3v) is 4.57. The van der Waals surface area contributed by atoms with Crippen molar-refractivity contribution in [2.45, 2.75) is 0 Å². The molecule has 0 saturated carbocycles. The predicted molar refractivity (Wildman–Crippen MR) is 108 cm³/mol. The lowest BCUT2D eigenvalue weighted by Gasteiger charge is -2.04. The number of carbonyl (C=O) groups excluding carboxylic acids is 1. The molecule has 3 rings (SSSR count). The van der Waals surface area contributed by atoms with Crippen LogP contribution in [0.5, 0.6) is 0 Å². The van der Waals surface area contributed by atoms with Gasteiger partial charge in [-0.2, -0.15) is 0 Å². The number of anilines is 1. The Morgan fingerprint density at radius 2 is 1.60 bits per heavy atom. The number of halogens is 2. The van der Waals surface area contributed by atoms with E-state index in [1.54, 1.807) is 18.3 Å². The van der Waals surface area contributed by atoms with Crippen LogP contribution in [-0.4, -0.2) is 5.78 Å². The summed E-state index contributed by atoms with van der Waals surface area (Å²) < 4.78 is 0.837. The Balaban J connectivity index is 1.67. The third kappa shape index (κ3) is 4.59. The van der Waals surface area contributed by atoms with Crippen LogP contribution in [0.4, 0.5) is 5.69 Å². The van der Waals surface area contributed by atoms with Gasteiger partial charge < -0.3 is 5.32 Å². The van der Waals surface area contributed by atoms with E-state index in [1.165, 1.54) is 6.08 Å². The van der Waals surface area contributed by atoms with E-state index < -0.39 is 0 Å². The highest BCUT2D eigenvalue weighted by Crippen LogP contribution is 2.26. The molecule has 0 aliphatic rings. The zero-order chi connectivity index (χ0) is 17.6. The minimum atomic E-state index is -0.0582. The van der Waals surface area contributed by atoms with Gasteiger partial charge in [0.2, 0.25) is 0 Å². The lowest BCUT2D eigenvalue weighted by Crippen LogP contribution is -1.96. The minimum absolute atomic E-state index is 0.0582. The topological polar surface area (TPSA) is 29.1 Å². The molecule has 0 fully saturated rings. The van der Waals surface area contributed by atoms with E-state index in [0.717, 1.165) is 21.3 Å². The van der Waals surface area contributed by atoms with Crippen LogP contribution in [0.3, 0.4) is 0 Å². The molecule has 1 N–H and O–H groups in total. The van der Waals surface area contributed by atoms with Crippen LogP contribution in [0.2, 0.25) is 5.02 Å². The van der Waals surface area contributed by atoms with Gasteiger partial charge in [-0.3, -0.25) is 4.79 Å². The zero-order valence-electron chi connectivity index (χ0n) is 13.2. The average Bonchev–Trinajstić information content (AvgIpc) is 2.64. The molecule has 4 heteroatoms. The maximum Gasteiger partial charge on any atom is 0.187 e. The van der Waals surface area contributed by atoms with Gasteiger partial charge in [-0.15, -0.1) is 0 Å². The van der Waals surface area contributed by atoms with Gasteiger partial charge in [-0.1, -0.05) is 66.2 Å². The summed E-state index contributed by atoms with van der Waals surface area (Å²) in [5.41, 5.74) is 3.71. The van der Waals surface area contributed by atoms with Gasteiger partial charge in [-0.25, -0.2) is 0 Å². The minimum Gasteiger partial charge on any atom is -0.361 e. The first-order valence-electron chi connectivity index (χ1n) is 7.71. The van der Waals surface area contributed by atoms with E-state index in [0.29, 0.717) is 10.6 Å².